The largest absolute Gasteiger partial charge is 0.401 e. The van der Waals surface area contributed by atoms with Gasteiger partial charge in [0.15, 0.2) is 0 Å². The first kappa shape index (κ1) is 13.9. The molecular formula is C11H15BrF3N3. The molecule has 7 heteroatoms. The third-order valence-corrected chi connectivity index (χ3v) is 3.46. The summed E-state index contributed by atoms with van der Waals surface area (Å²) in [4.78, 5) is 1.49. The number of halogens is 4. The van der Waals surface area contributed by atoms with Crippen molar-refractivity contribution in [1.29, 1.82) is 0 Å². The maximum atomic E-state index is 12.3. The van der Waals surface area contributed by atoms with Crippen molar-refractivity contribution in [2.24, 2.45) is 5.92 Å². The van der Waals surface area contributed by atoms with E-state index in [9.17, 15) is 13.2 Å². The molecule has 0 aromatic carbocycles. The monoisotopic (exact) mass is 325 g/mol. The van der Waals surface area contributed by atoms with Crippen molar-refractivity contribution in [2.75, 3.05) is 19.6 Å². The van der Waals surface area contributed by atoms with E-state index < -0.39 is 12.7 Å². The molecule has 1 saturated heterocycles. The van der Waals surface area contributed by atoms with Crippen LogP contribution >= 0.6 is 15.9 Å². The Balaban J connectivity index is 1.87. The Kier molecular flexibility index (Phi) is 4.32. The summed E-state index contributed by atoms with van der Waals surface area (Å²) in [6.07, 6.45) is 1.23. The second-order valence-electron chi connectivity index (χ2n) is 4.74. The lowest BCUT2D eigenvalue weighted by atomic mass is 9.98. The van der Waals surface area contributed by atoms with Gasteiger partial charge in [-0.25, -0.2) is 0 Å². The molecular weight excluding hydrogens is 311 g/mol. The van der Waals surface area contributed by atoms with Gasteiger partial charge < -0.3 is 0 Å². The Bertz CT molecular complexity index is 391. The van der Waals surface area contributed by atoms with Crippen LogP contribution in [0.15, 0.2) is 16.9 Å². The molecule has 102 valence electrons. The number of alkyl halides is 3. The van der Waals surface area contributed by atoms with E-state index in [0.29, 0.717) is 19.6 Å². The number of hydrogen-bond acceptors (Lipinski definition) is 2. The molecule has 1 fully saturated rings. The Labute approximate surface area is 112 Å². The van der Waals surface area contributed by atoms with Crippen LogP contribution in [0.25, 0.3) is 0 Å². The Morgan fingerprint density at radius 2 is 2.22 bits per heavy atom. The SMILES string of the molecule is FC(F)(F)CN1CCCC(Cn2cc(Br)cn2)C1. The minimum absolute atomic E-state index is 0.243. The molecule has 1 atom stereocenters. The van der Waals surface area contributed by atoms with E-state index in [0.717, 1.165) is 17.3 Å². The Morgan fingerprint density at radius 3 is 2.83 bits per heavy atom. The predicted molar refractivity (Wildman–Crippen MR) is 65.1 cm³/mol. The standard InChI is InChI=1S/C11H15BrF3N3/c12-10-4-16-18(7-10)6-9-2-1-3-17(5-9)8-11(13,14)15/h4,7,9H,1-3,5-6,8H2. The average Bonchev–Trinajstić information content (AvgIpc) is 2.62. The smallest absolute Gasteiger partial charge is 0.295 e. The highest BCUT2D eigenvalue weighted by Crippen LogP contribution is 2.23. The van der Waals surface area contributed by atoms with E-state index in [-0.39, 0.29) is 5.92 Å². The van der Waals surface area contributed by atoms with Crippen LogP contribution < -0.4 is 0 Å². The highest BCUT2D eigenvalue weighted by molar-refractivity contribution is 9.10. The molecule has 1 unspecified atom stereocenters. The molecule has 0 radical (unpaired) electrons. The number of nitrogens with zero attached hydrogens (tertiary/aromatic N) is 3. The van der Waals surface area contributed by atoms with Gasteiger partial charge in [0.05, 0.1) is 17.2 Å². The maximum Gasteiger partial charge on any atom is 0.401 e. The van der Waals surface area contributed by atoms with Crippen LogP contribution in [0, 0.1) is 5.92 Å². The summed E-state index contributed by atoms with van der Waals surface area (Å²) >= 11 is 3.31. The zero-order valence-electron chi connectivity index (χ0n) is 9.83. The third kappa shape index (κ3) is 4.28. The summed E-state index contributed by atoms with van der Waals surface area (Å²) in [5.74, 6) is 0.243. The van der Waals surface area contributed by atoms with Gasteiger partial charge in [0, 0.05) is 19.3 Å². The molecule has 0 amide bonds. The lowest BCUT2D eigenvalue weighted by Gasteiger charge is -2.33. The van der Waals surface area contributed by atoms with Crippen LogP contribution in [0.2, 0.25) is 0 Å². The molecule has 18 heavy (non-hydrogen) atoms. The van der Waals surface area contributed by atoms with Crippen LogP contribution in [0.3, 0.4) is 0 Å². The molecule has 0 spiro atoms. The van der Waals surface area contributed by atoms with E-state index in [1.165, 1.54) is 4.90 Å². The summed E-state index contributed by atoms with van der Waals surface area (Å²) in [5, 5.41) is 4.14. The van der Waals surface area contributed by atoms with Crippen LogP contribution in [0.5, 0.6) is 0 Å². The lowest BCUT2D eigenvalue weighted by Crippen LogP contribution is -2.42. The highest BCUT2D eigenvalue weighted by Gasteiger charge is 2.33. The zero-order chi connectivity index (χ0) is 13.2. The van der Waals surface area contributed by atoms with Gasteiger partial charge in [0.2, 0.25) is 0 Å². The van der Waals surface area contributed by atoms with Gasteiger partial charge in [-0.2, -0.15) is 18.3 Å². The summed E-state index contributed by atoms with van der Waals surface area (Å²) in [6, 6.07) is 0. The fourth-order valence-electron chi connectivity index (χ4n) is 2.40. The minimum atomic E-state index is -4.10. The van der Waals surface area contributed by atoms with Crippen LogP contribution in [-0.2, 0) is 6.54 Å². The number of likely N-dealkylation sites (tertiary alicyclic amines) is 1. The average molecular weight is 326 g/mol. The van der Waals surface area contributed by atoms with E-state index in [1.807, 2.05) is 6.20 Å². The summed E-state index contributed by atoms with van der Waals surface area (Å²) in [6.45, 7) is 0.919. The molecule has 3 nitrogen and oxygen atoms in total. The van der Waals surface area contributed by atoms with Gasteiger partial charge in [-0.1, -0.05) is 0 Å². The first-order valence-corrected chi connectivity index (χ1v) is 6.69. The van der Waals surface area contributed by atoms with Crippen molar-refractivity contribution in [3.63, 3.8) is 0 Å². The van der Waals surface area contributed by atoms with Crippen molar-refractivity contribution in [2.45, 2.75) is 25.6 Å². The zero-order valence-corrected chi connectivity index (χ0v) is 11.4. The first-order chi connectivity index (χ1) is 8.42. The van der Waals surface area contributed by atoms with E-state index in [2.05, 4.69) is 21.0 Å². The number of aromatic nitrogens is 2. The predicted octanol–water partition coefficient (Wildman–Crippen LogP) is 2.92. The second kappa shape index (κ2) is 5.61. The number of rotatable bonds is 3. The molecule has 1 aromatic rings. The van der Waals surface area contributed by atoms with E-state index in [4.69, 9.17) is 0 Å². The molecule has 0 bridgehead atoms. The van der Waals surface area contributed by atoms with Gasteiger partial charge in [-0.3, -0.25) is 9.58 Å². The number of piperidine rings is 1. The molecule has 1 aliphatic rings. The maximum absolute atomic E-state index is 12.3. The minimum Gasteiger partial charge on any atom is -0.295 e. The quantitative estimate of drug-likeness (QED) is 0.852. The Morgan fingerprint density at radius 1 is 1.44 bits per heavy atom. The fourth-order valence-corrected chi connectivity index (χ4v) is 2.73. The van der Waals surface area contributed by atoms with Gasteiger partial charge in [0.1, 0.15) is 0 Å². The van der Waals surface area contributed by atoms with Gasteiger partial charge in [-0.05, 0) is 41.2 Å². The van der Waals surface area contributed by atoms with Gasteiger partial charge in [-0.15, -0.1) is 0 Å². The van der Waals surface area contributed by atoms with Gasteiger partial charge >= 0.3 is 6.18 Å². The van der Waals surface area contributed by atoms with E-state index in [1.54, 1.807) is 10.9 Å². The van der Waals surface area contributed by atoms with Gasteiger partial charge in [0.25, 0.3) is 0 Å². The van der Waals surface area contributed by atoms with Crippen LogP contribution in [-0.4, -0.2) is 40.5 Å². The van der Waals surface area contributed by atoms with Crippen molar-refractivity contribution >= 4 is 15.9 Å². The highest BCUT2D eigenvalue weighted by atomic mass is 79.9. The molecule has 0 aliphatic carbocycles. The third-order valence-electron chi connectivity index (χ3n) is 3.05. The molecule has 2 rings (SSSR count). The van der Waals surface area contributed by atoms with Crippen LogP contribution in [0.4, 0.5) is 13.2 Å². The molecule has 0 N–H and O–H groups in total. The molecule has 2 heterocycles. The van der Waals surface area contributed by atoms with E-state index >= 15 is 0 Å². The van der Waals surface area contributed by atoms with Crippen molar-refractivity contribution in [3.8, 4) is 0 Å². The summed E-state index contributed by atoms with van der Waals surface area (Å²) < 4.78 is 39.7. The topological polar surface area (TPSA) is 21.1 Å². The molecule has 1 aromatic heterocycles. The molecule has 1 aliphatic heterocycles. The lowest BCUT2D eigenvalue weighted by molar-refractivity contribution is -0.149. The molecule has 0 saturated carbocycles. The number of hydrogen-bond donors (Lipinski definition) is 0. The van der Waals surface area contributed by atoms with Crippen LogP contribution in [0.1, 0.15) is 12.8 Å². The Hall–Kier alpha value is -0.560. The summed E-state index contributed by atoms with van der Waals surface area (Å²) in [5.41, 5.74) is 0. The fraction of sp³-hybridized carbons (Fsp3) is 0.727. The van der Waals surface area contributed by atoms with Crippen molar-refractivity contribution < 1.29 is 13.2 Å². The second-order valence-corrected chi connectivity index (χ2v) is 5.65. The normalized spacial score (nSPS) is 22.3. The summed E-state index contributed by atoms with van der Waals surface area (Å²) in [7, 11) is 0. The van der Waals surface area contributed by atoms with Crippen molar-refractivity contribution in [3.05, 3.63) is 16.9 Å². The first-order valence-electron chi connectivity index (χ1n) is 5.89. The van der Waals surface area contributed by atoms with Crippen molar-refractivity contribution in [1.82, 2.24) is 14.7 Å².